The smallest absolute Gasteiger partial charge is 0.269 e. The molecule has 0 fully saturated rings. The van der Waals surface area contributed by atoms with Gasteiger partial charge in [-0.15, -0.1) is 5.10 Å². The Morgan fingerprint density at radius 3 is 2.71 bits per heavy atom. The molecule has 0 aliphatic carbocycles. The molecule has 1 N–H and O–H groups in total. The second-order valence-corrected chi connectivity index (χ2v) is 7.59. The molecule has 0 spiro atoms. The van der Waals surface area contributed by atoms with Crippen molar-refractivity contribution in [2.45, 2.75) is 33.6 Å². The van der Waals surface area contributed by atoms with Crippen LogP contribution in [0.25, 0.3) is 5.82 Å². The molecule has 4 aromatic rings. The molecule has 10 heteroatoms. The molecule has 9 nitrogen and oxygen atoms in total. The van der Waals surface area contributed by atoms with Gasteiger partial charge in [0.2, 0.25) is 5.88 Å². The molecule has 1 aromatic carbocycles. The van der Waals surface area contributed by atoms with Gasteiger partial charge in [0.25, 0.3) is 5.91 Å². The van der Waals surface area contributed by atoms with Gasteiger partial charge in [-0.1, -0.05) is 17.8 Å². The number of benzene rings is 1. The Bertz CT molecular complexity index is 1200. The summed E-state index contributed by atoms with van der Waals surface area (Å²) in [6.45, 7) is 5.75. The van der Waals surface area contributed by atoms with E-state index in [1.807, 2.05) is 31.5 Å². The molecule has 0 radical (unpaired) electrons. The average molecular weight is 436 g/mol. The fourth-order valence-corrected chi connectivity index (χ4v) is 3.62. The van der Waals surface area contributed by atoms with Crippen LogP contribution in [-0.2, 0) is 6.42 Å². The molecule has 3 heterocycles. The summed E-state index contributed by atoms with van der Waals surface area (Å²) in [5, 5.41) is 6.91. The van der Waals surface area contributed by atoms with Gasteiger partial charge in [-0.25, -0.2) is 9.97 Å². The van der Waals surface area contributed by atoms with E-state index in [1.54, 1.807) is 36.5 Å². The Hall–Kier alpha value is -3.66. The Morgan fingerprint density at radius 1 is 1.19 bits per heavy atom. The number of ether oxygens (including phenoxy) is 1. The Kier molecular flexibility index (Phi) is 5.99. The molecule has 3 aromatic heterocycles. The summed E-state index contributed by atoms with van der Waals surface area (Å²) in [6, 6.07) is 8.84. The highest BCUT2D eigenvalue weighted by Gasteiger charge is 2.16. The van der Waals surface area contributed by atoms with Gasteiger partial charge in [0.15, 0.2) is 0 Å². The molecule has 158 valence electrons. The lowest BCUT2D eigenvalue weighted by atomic mass is 10.2. The number of anilines is 1. The number of nitrogens with one attached hydrogen (secondary N) is 1. The van der Waals surface area contributed by atoms with Gasteiger partial charge in [0, 0.05) is 24.1 Å². The highest BCUT2D eigenvalue weighted by Crippen LogP contribution is 2.24. The number of carbonyl (C=O) groups excluding carboxylic acids is 1. The number of carbonyl (C=O) groups is 1. The van der Waals surface area contributed by atoms with Crippen molar-refractivity contribution in [1.82, 2.24) is 29.1 Å². The maximum absolute atomic E-state index is 12.5. The third kappa shape index (κ3) is 4.75. The standard InChI is InChI=1S/C21H21N7O2S/c1-4-5-17-20(31-27-26-17)21(29)25-15-6-8-16(9-7-15)30-19-12-18(23-13(2)24-19)28-11-10-22-14(28)3/h6-12H,4-5H2,1-3H3,(H,25,29). The van der Waals surface area contributed by atoms with Crippen LogP contribution in [0.5, 0.6) is 11.6 Å². The molecule has 0 aliphatic heterocycles. The number of imidazole rings is 1. The van der Waals surface area contributed by atoms with Crippen LogP contribution in [0.15, 0.2) is 42.7 Å². The first-order chi connectivity index (χ1) is 15.0. The number of hydrogen-bond donors (Lipinski definition) is 1. The topological polar surface area (TPSA) is 108 Å². The average Bonchev–Trinajstić information content (AvgIpc) is 3.38. The van der Waals surface area contributed by atoms with Crippen LogP contribution < -0.4 is 10.1 Å². The molecular formula is C21H21N7O2S. The normalized spacial score (nSPS) is 10.8. The predicted octanol–water partition coefficient (Wildman–Crippen LogP) is 4.13. The van der Waals surface area contributed by atoms with Crippen molar-refractivity contribution in [3.05, 3.63) is 64.9 Å². The summed E-state index contributed by atoms with van der Waals surface area (Å²) in [4.78, 5) is 26.1. The van der Waals surface area contributed by atoms with Gasteiger partial charge in [-0.2, -0.15) is 4.98 Å². The molecule has 0 unspecified atom stereocenters. The van der Waals surface area contributed by atoms with Crippen LogP contribution in [0.2, 0.25) is 0 Å². The molecule has 0 aliphatic rings. The molecular weight excluding hydrogens is 414 g/mol. The van der Waals surface area contributed by atoms with Crippen molar-refractivity contribution in [3.8, 4) is 17.4 Å². The Morgan fingerprint density at radius 2 is 2.00 bits per heavy atom. The quantitative estimate of drug-likeness (QED) is 0.465. The maximum atomic E-state index is 12.5. The highest BCUT2D eigenvalue weighted by atomic mass is 32.1. The minimum atomic E-state index is -0.209. The van der Waals surface area contributed by atoms with E-state index >= 15 is 0 Å². The molecule has 31 heavy (non-hydrogen) atoms. The summed E-state index contributed by atoms with van der Waals surface area (Å²) in [7, 11) is 0. The first-order valence-corrected chi connectivity index (χ1v) is 10.6. The SMILES string of the molecule is CCCc1nnsc1C(=O)Nc1ccc(Oc2cc(-n3ccnc3C)nc(C)n2)cc1. The molecule has 0 saturated heterocycles. The summed E-state index contributed by atoms with van der Waals surface area (Å²) >= 11 is 1.11. The highest BCUT2D eigenvalue weighted by molar-refractivity contribution is 7.08. The lowest BCUT2D eigenvalue weighted by Crippen LogP contribution is -2.12. The van der Waals surface area contributed by atoms with Crippen LogP contribution in [0, 0.1) is 13.8 Å². The van der Waals surface area contributed by atoms with Crippen LogP contribution in [0.1, 0.15) is 40.4 Å². The number of rotatable bonds is 7. The Balaban J connectivity index is 1.47. The van der Waals surface area contributed by atoms with Crippen molar-refractivity contribution in [2.24, 2.45) is 0 Å². The van der Waals surface area contributed by atoms with E-state index in [2.05, 4.69) is 29.9 Å². The molecule has 1 amide bonds. The third-order valence-corrected chi connectivity index (χ3v) is 5.22. The molecule has 4 rings (SSSR count). The van der Waals surface area contributed by atoms with E-state index in [1.165, 1.54) is 0 Å². The zero-order chi connectivity index (χ0) is 21.8. The maximum Gasteiger partial charge on any atom is 0.269 e. The van der Waals surface area contributed by atoms with E-state index in [9.17, 15) is 4.79 Å². The van der Waals surface area contributed by atoms with Crippen molar-refractivity contribution in [2.75, 3.05) is 5.32 Å². The molecule has 0 atom stereocenters. The number of aromatic nitrogens is 6. The zero-order valence-corrected chi connectivity index (χ0v) is 18.2. The largest absolute Gasteiger partial charge is 0.439 e. The van der Waals surface area contributed by atoms with Crippen LogP contribution in [0.4, 0.5) is 5.69 Å². The van der Waals surface area contributed by atoms with Crippen molar-refractivity contribution in [3.63, 3.8) is 0 Å². The summed E-state index contributed by atoms with van der Waals surface area (Å²) < 4.78 is 11.7. The van der Waals surface area contributed by atoms with Crippen LogP contribution >= 0.6 is 11.5 Å². The first-order valence-electron chi connectivity index (χ1n) is 9.80. The van der Waals surface area contributed by atoms with Gasteiger partial charge in [-0.3, -0.25) is 9.36 Å². The summed E-state index contributed by atoms with van der Waals surface area (Å²) in [5.41, 5.74) is 1.38. The van der Waals surface area contributed by atoms with E-state index in [-0.39, 0.29) is 5.91 Å². The van der Waals surface area contributed by atoms with E-state index in [4.69, 9.17) is 4.74 Å². The zero-order valence-electron chi connectivity index (χ0n) is 17.4. The predicted molar refractivity (Wildman–Crippen MR) is 117 cm³/mol. The lowest BCUT2D eigenvalue weighted by molar-refractivity contribution is 0.102. The van der Waals surface area contributed by atoms with Crippen molar-refractivity contribution >= 4 is 23.1 Å². The lowest BCUT2D eigenvalue weighted by Gasteiger charge is -2.10. The minimum absolute atomic E-state index is 0.209. The second kappa shape index (κ2) is 9.00. The Labute approximate surface area is 183 Å². The van der Waals surface area contributed by atoms with E-state index < -0.39 is 0 Å². The fourth-order valence-electron chi connectivity index (χ4n) is 3.02. The minimum Gasteiger partial charge on any atom is -0.439 e. The van der Waals surface area contributed by atoms with Crippen LogP contribution in [-0.4, -0.2) is 35.0 Å². The monoisotopic (exact) mass is 435 g/mol. The van der Waals surface area contributed by atoms with Gasteiger partial charge in [0.1, 0.15) is 28.1 Å². The number of nitrogens with zero attached hydrogens (tertiary/aromatic N) is 6. The number of amides is 1. The summed E-state index contributed by atoms with van der Waals surface area (Å²) in [5.74, 6) is 2.90. The van der Waals surface area contributed by atoms with Crippen molar-refractivity contribution < 1.29 is 9.53 Å². The fraction of sp³-hybridized carbons (Fsp3) is 0.238. The number of aryl methyl sites for hydroxylation is 3. The van der Waals surface area contributed by atoms with Gasteiger partial charge < -0.3 is 10.1 Å². The molecule has 0 saturated carbocycles. The first kappa shape index (κ1) is 20.6. The van der Waals surface area contributed by atoms with Gasteiger partial charge in [0.05, 0.1) is 5.69 Å². The van der Waals surface area contributed by atoms with Crippen LogP contribution in [0.3, 0.4) is 0 Å². The second-order valence-electron chi connectivity index (χ2n) is 6.84. The summed E-state index contributed by atoms with van der Waals surface area (Å²) in [6.07, 6.45) is 5.18. The number of hydrogen-bond acceptors (Lipinski definition) is 8. The van der Waals surface area contributed by atoms with E-state index in [0.717, 1.165) is 35.9 Å². The third-order valence-electron chi connectivity index (χ3n) is 4.46. The van der Waals surface area contributed by atoms with Gasteiger partial charge >= 0.3 is 0 Å². The molecule has 0 bridgehead atoms. The van der Waals surface area contributed by atoms with Gasteiger partial charge in [-0.05, 0) is 56.1 Å². The van der Waals surface area contributed by atoms with Crippen molar-refractivity contribution in [1.29, 1.82) is 0 Å². The van der Waals surface area contributed by atoms with E-state index in [0.29, 0.717) is 33.8 Å².